The van der Waals surface area contributed by atoms with Crippen molar-refractivity contribution in [3.8, 4) is 5.75 Å². The minimum Gasteiger partial charge on any atom is -0.497 e. The SMILES string of the molecule is COc1ccc(S(=O)(=O)CCBr)c(C)c1. The van der Waals surface area contributed by atoms with Gasteiger partial charge in [-0.25, -0.2) is 8.42 Å². The quantitative estimate of drug-likeness (QED) is 0.799. The standard InChI is InChI=1S/C10H13BrO3S/c1-8-7-9(14-2)3-4-10(8)15(12,13)6-5-11/h3-4,7H,5-6H2,1-2H3. The number of hydrogen-bond donors (Lipinski definition) is 0. The van der Waals surface area contributed by atoms with Crippen LogP contribution in [0.1, 0.15) is 5.56 Å². The molecular weight excluding hydrogens is 280 g/mol. The van der Waals surface area contributed by atoms with Crippen LogP contribution in [0.5, 0.6) is 5.75 Å². The first-order chi connectivity index (χ1) is 7.01. The monoisotopic (exact) mass is 292 g/mol. The zero-order valence-electron chi connectivity index (χ0n) is 8.66. The Morgan fingerprint density at radius 1 is 1.40 bits per heavy atom. The highest BCUT2D eigenvalue weighted by atomic mass is 79.9. The maximum absolute atomic E-state index is 11.8. The fraction of sp³-hybridized carbons (Fsp3) is 0.400. The zero-order valence-corrected chi connectivity index (χ0v) is 11.1. The molecule has 0 saturated carbocycles. The molecule has 5 heteroatoms. The molecule has 0 spiro atoms. The summed E-state index contributed by atoms with van der Waals surface area (Å²) in [6.45, 7) is 1.77. The van der Waals surface area contributed by atoms with Gasteiger partial charge in [0.15, 0.2) is 9.84 Å². The summed E-state index contributed by atoms with van der Waals surface area (Å²) in [6, 6.07) is 4.97. The molecule has 0 N–H and O–H groups in total. The Morgan fingerprint density at radius 3 is 2.53 bits per heavy atom. The van der Waals surface area contributed by atoms with Crippen LogP contribution in [0.2, 0.25) is 0 Å². The molecule has 0 bridgehead atoms. The molecule has 0 aromatic heterocycles. The number of halogens is 1. The molecule has 1 rings (SSSR count). The van der Waals surface area contributed by atoms with E-state index < -0.39 is 9.84 Å². The lowest BCUT2D eigenvalue weighted by Gasteiger charge is -2.08. The molecule has 1 aromatic carbocycles. The molecular formula is C10H13BrO3S. The van der Waals surface area contributed by atoms with Crippen LogP contribution in [-0.2, 0) is 9.84 Å². The summed E-state index contributed by atoms with van der Waals surface area (Å²) in [7, 11) is -1.61. The predicted octanol–water partition coefficient (Wildman–Crippen LogP) is 2.17. The number of sulfone groups is 1. The smallest absolute Gasteiger partial charge is 0.179 e. The van der Waals surface area contributed by atoms with Crippen molar-refractivity contribution in [1.82, 2.24) is 0 Å². The summed E-state index contributed by atoms with van der Waals surface area (Å²) >= 11 is 3.13. The molecule has 1 aromatic rings. The molecule has 3 nitrogen and oxygen atoms in total. The minimum atomic E-state index is -3.17. The van der Waals surface area contributed by atoms with Crippen molar-refractivity contribution < 1.29 is 13.2 Å². The Hall–Kier alpha value is -0.550. The highest BCUT2D eigenvalue weighted by Gasteiger charge is 2.16. The summed E-state index contributed by atoms with van der Waals surface area (Å²) in [5.41, 5.74) is 0.718. The van der Waals surface area contributed by atoms with E-state index in [4.69, 9.17) is 4.74 Å². The van der Waals surface area contributed by atoms with E-state index in [1.54, 1.807) is 32.2 Å². The van der Waals surface area contributed by atoms with Crippen LogP contribution in [0.15, 0.2) is 23.1 Å². The largest absolute Gasteiger partial charge is 0.497 e. The van der Waals surface area contributed by atoms with Gasteiger partial charge in [-0.05, 0) is 30.7 Å². The van der Waals surface area contributed by atoms with Gasteiger partial charge in [-0.1, -0.05) is 15.9 Å². The lowest BCUT2D eigenvalue weighted by molar-refractivity contribution is 0.414. The zero-order chi connectivity index (χ0) is 11.5. The Labute approximate surface area is 98.5 Å². The number of benzene rings is 1. The summed E-state index contributed by atoms with van der Waals surface area (Å²) in [6.07, 6.45) is 0. The third kappa shape index (κ3) is 2.95. The Bertz CT molecular complexity index is 440. The molecule has 0 fully saturated rings. The fourth-order valence-electron chi connectivity index (χ4n) is 1.31. The number of methoxy groups -OCH3 is 1. The molecule has 0 aliphatic carbocycles. The molecule has 0 radical (unpaired) electrons. The minimum absolute atomic E-state index is 0.111. The molecule has 0 aliphatic rings. The highest BCUT2D eigenvalue weighted by molar-refractivity contribution is 9.09. The molecule has 0 saturated heterocycles. The maximum Gasteiger partial charge on any atom is 0.179 e. The summed E-state index contributed by atoms with van der Waals surface area (Å²) in [5, 5.41) is 0.445. The average Bonchev–Trinajstić information content (AvgIpc) is 2.17. The van der Waals surface area contributed by atoms with Crippen molar-refractivity contribution in [2.24, 2.45) is 0 Å². The third-order valence-corrected chi connectivity index (χ3v) is 4.85. The van der Waals surface area contributed by atoms with Crippen molar-refractivity contribution in [2.45, 2.75) is 11.8 Å². The van der Waals surface area contributed by atoms with Crippen molar-refractivity contribution in [2.75, 3.05) is 18.2 Å². The van der Waals surface area contributed by atoms with Gasteiger partial charge in [0.25, 0.3) is 0 Å². The van der Waals surface area contributed by atoms with Crippen molar-refractivity contribution in [3.63, 3.8) is 0 Å². The van der Waals surface area contributed by atoms with E-state index in [1.165, 1.54) is 0 Å². The van der Waals surface area contributed by atoms with Crippen molar-refractivity contribution >= 4 is 25.8 Å². The van der Waals surface area contributed by atoms with Crippen molar-refractivity contribution in [1.29, 1.82) is 0 Å². The molecule has 15 heavy (non-hydrogen) atoms. The topological polar surface area (TPSA) is 43.4 Å². The van der Waals surface area contributed by atoms with Gasteiger partial charge in [0.05, 0.1) is 17.8 Å². The van der Waals surface area contributed by atoms with E-state index in [9.17, 15) is 8.42 Å². The van der Waals surface area contributed by atoms with Gasteiger partial charge < -0.3 is 4.74 Å². The van der Waals surface area contributed by atoms with Gasteiger partial charge in [0.1, 0.15) is 5.75 Å². The number of alkyl halides is 1. The van der Waals surface area contributed by atoms with Gasteiger partial charge in [0, 0.05) is 5.33 Å². The van der Waals surface area contributed by atoms with E-state index in [0.29, 0.717) is 16.0 Å². The second-order valence-electron chi connectivity index (χ2n) is 3.14. The van der Waals surface area contributed by atoms with Crippen LogP contribution in [0.25, 0.3) is 0 Å². The van der Waals surface area contributed by atoms with Gasteiger partial charge in [-0.2, -0.15) is 0 Å². The maximum atomic E-state index is 11.8. The third-order valence-electron chi connectivity index (χ3n) is 2.06. The lowest BCUT2D eigenvalue weighted by Crippen LogP contribution is -2.09. The van der Waals surface area contributed by atoms with Gasteiger partial charge in [-0.15, -0.1) is 0 Å². The lowest BCUT2D eigenvalue weighted by atomic mass is 10.2. The molecule has 0 amide bonds. The summed E-state index contributed by atoms with van der Waals surface area (Å²) < 4.78 is 28.6. The Kier molecular flexibility index (Phi) is 4.16. The first-order valence-corrected chi connectivity index (χ1v) is 7.22. The number of aryl methyl sites for hydroxylation is 1. The van der Waals surface area contributed by atoms with E-state index in [1.807, 2.05) is 0 Å². The van der Waals surface area contributed by atoms with Crippen LogP contribution in [-0.4, -0.2) is 26.6 Å². The van der Waals surface area contributed by atoms with Crippen LogP contribution < -0.4 is 4.74 Å². The van der Waals surface area contributed by atoms with Gasteiger partial charge in [-0.3, -0.25) is 0 Å². The summed E-state index contributed by atoms with van der Waals surface area (Å²) in [4.78, 5) is 0.378. The van der Waals surface area contributed by atoms with Crippen LogP contribution in [0, 0.1) is 6.92 Å². The predicted molar refractivity (Wildman–Crippen MR) is 63.6 cm³/mol. The highest BCUT2D eigenvalue weighted by Crippen LogP contribution is 2.22. The molecule has 84 valence electrons. The fourth-order valence-corrected chi connectivity index (χ4v) is 3.84. The van der Waals surface area contributed by atoms with Crippen LogP contribution >= 0.6 is 15.9 Å². The van der Waals surface area contributed by atoms with Crippen LogP contribution in [0.3, 0.4) is 0 Å². The molecule has 0 unspecified atom stereocenters. The average molecular weight is 293 g/mol. The van der Waals surface area contributed by atoms with E-state index in [0.717, 1.165) is 5.56 Å². The number of rotatable bonds is 4. The first kappa shape index (κ1) is 12.5. The Morgan fingerprint density at radius 2 is 2.07 bits per heavy atom. The normalized spacial score (nSPS) is 11.4. The van der Waals surface area contributed by atoms with Gasteiger partial charge in [0.2, 0.25) is 0 Å². The Balaban J connectivity index is 3.16. The van der Waals surface area contributed by atoms with Gasteiger partial charge >= 0.3 is 0 Å². The second kappa shape index (κ2) is 4.99. The number of ether oxygens (including phenoxy) is 1. The summed E-state index contributed by atoms with van der Waals surface area (Å²) in [5.74, 6) is 0.783. The molecule has 0 atom stereocenters. The molecule has 0 heterocycles. The van der Waals surface area contributed by atoms with E-state index in [2.05, 4.69) is 15.9 Å². The number of hydrogen-bond acceptors (Lipinski definition) is 3. The first-order valence-electron chi connectivity index (χ1n) is 4.44. The van der Waals surface area contributed by atoms with E-state index >= 15 is 0 Å². The van der Waals surface area contributed by atoms with E-state index in [-0.39, 0.29) is 5.75 Å². The second-order valence-corrected chi connectivity index (χ2v) is 6.01. The molecule has 0 aliphatic heterocycles. The van der Waals surface area contributed by atoms with Crippen molar-refractivity contribution in [3.05, 3.63) is 23.8 Å². The van der Waals surface area contributed by atoms with Crippen LogP contribution in [0.4, 0.5) is 0 Å².